The molecule has 0 spiro atoms. The number of methoxy groups -OCH3 is 1. The van der Waals surface area contributed by atoms with Crippen LogP contribution in [0.1, 0.15) is 23.6 Å². The number of benzene rings is 3. The molecular formula is C28H30N4O3. The van der Waals surface area contributed by atoms with E-state index < -0.39 is 5.54 Å². The lowest BCUT2D eigenvalue weighted by molar-refractivity contribution is -0.148. The van der Waals surface area contributed by atoms with Crippen LogP contribution < -0.4 is 10.1 Å². The van der Waals surface area contributed by atoms with Crippen molar-refractivity contribution < 1.29 is 14.3 Å². The number of carbonyl (C=O) groups excluding carboxylic acids is 1. The van der Waals surface area contributed by atoms with Crippen molar-refractivity contribution in [3.05, 3.63) is 102 Å². The Morgan fingerprint density at radius 3 is 2.60 bits per heavy atom. The van der Waals surface area contributed by atoms with E-state index in [4.69, 9.17) is 9.47 Å². The summed E-state index contributed by atoms with van der Waals surface area (Å²) in [6, 6.07) is 24.5. The maximum absolute atomic E-state index is 12.5. The van der Waals surface area contributed by atoms with Crippen molar-refractivity contribution in [2.45, 2.75) is 39.1 Å². The molecule has 0 aliphatic heterocycles. The van der Waals surface area contributed by atoms with Gasteiger partial charge in [-0.25, -0.2) is 9.78 Å². The van der Waals surface area contributed by atoms with Crippen LogP contribution in [0.4, 0.5) is 0 Å². The largest absolute Gasteiger partial charge is 0.489 e. The van der Waals surface area contributed by atoms with Gasteiger partial charge in [-0.3, -0.25) is 10.00 Å². The second kappa shape index (κ2) is 11.0. The van der Waals surface area contributed by atoms with Gasteiger partial charge >= 0.3 is 5.97 Å². The van der Waals surface area contributed by atoms with E-state index in [0.717, 1.165) is 16.9 Å². The van der Waals surface area contributed by atoms with Gasteiger partial charge in [0.2, 0.25) is 0 Å². The lowest BCUT2D eigenvalue weighted by atomic mass is 9.97. The van der Waals surface area contributed by atoms with Gasteiger partial charge in [0.25, 0.3) is 0 Å². The lowest BCUT2D eigenvalue weighted by Gasteiger charge is -2.28. The average Bonchev–Trinajstić information content (AvgIpc) is 3.40. The summed E-state index contributed by atoms with van der Waals surface area (Å²) in [7, 11) is 1.38. The first-order valence-electron chi connectivity index (χ1n) is 11.5. The number of hydrogen-bond acceptors (Lipinski definition) is 6. The first-order valence-corrected chi connectivity index (χ1v) is 11.5. The zero-order valence-electron chi connectivity index (χ0n) is 20.3. The van der Waals surface area contributed by atoms with Crippen LogP contribution in [-0.4, -0.2) is 33.4 Å². The number of rotatable bonds is 10. The van der Waals surface area contributed by atoms with Gasteiger partial charge in [0, 0.05) is 6.54 Å². The van der Waals surface area contributed by atoms with E-state index >= 15 is 0 Å². The topological polar surface area (TPSA) is 78.3 Å². The summed E-state index contributed by atoms with van der Waals surface area (Å²) >= 11 is 0. The van der Waals surface area contributed by atoms with Crippen LogP contribution in [0.3, 0.4) is 0 Å². The molecule has 0 saturated heterocycles. The molecule has 0 aliphatic rings. The molecule has 4 aromatic rings. The molecule has 7 nitrogen and oxygen atoms in total. The molecular weight excluding hydrogens is 440 g/mol. The van der Waals surface area contributed by atoms with Crippen LogP contribution in [0.15, 0.2) is 85.5 Å². The Labute approximate surface area is 205 Å². The fourth-order valence-corrected chi connectivity index (χ4v) is 4.03. The minimum atomic E-state index is -0.964. The second-order valence-corrected chi connectivity index (χ2v) is 8.66. The number of nitrogens with one attached hydrogen (secondary N) is 1. The highest BCUT2D eigenvalue weighted by Gasteiger charge is 2.34. The van der Waals surface area contributed by atoms with Crippen molar-refractivity contribution in [2.75, 3.05) is 7.11 Å². The molecule has 35 heavy (non-hydrogen) atoms. The molecule has 0 saturated carbocycles. The Morgan fingerprint density at radius 1 is 1.06 bits per heavy atom. The number of esters is 1. The monoisotopic (exact) mass is 470 g/mol. The smallest absolute Gasteiger partial charge is 0.327 e. The maximum atomic E-state index is 12.5. The molecule has 0 radical (unpaired) electrons. The fraction of sp³-hybridized carbons (Fsp3) is 0.250. The predicted octanol–water partition coefficient (Wildman–Crippen LogP) is 4.55. The first-order chi connectivity index (χ1) is 17.0. The second-order valence-electron chi connectivity index (χ2n) is 8.66. The number of aromatic nitrogens is 3. The summed E-state index contributed by atoms with van der Waals surface area (Å²) in [5.74, 6) is 0.402. The van der Waals surface area contributed by atoms with Gasteiger partial charge < -0.3 is 9.47 Å². The van der Waals surface area contributed by atoms with Crippen LogP contribution >= 0.6 is 0 Å². The molecule has 1 atom stereocenters. The third-order valence-corrected chi connectivity index (χ3v) is 6.09. The van der Waals surface area contributed by atoms with Gasteiger partial charge in [0.1, 0.15) is 30.5 Å². The van der Waals surface area contributed by atoms with Crippen molar-refractivity contribution in [3.8, 4) is 16.9 Å². The quantitative estimate of drug-likeness (QED) is 0.343. The highest BCUT2D eigenvalue weighted by Crippen LogP contribution is 2.26. The van der Waals surface area contributed by atoms with Gasteiger partial charge in [-0.05, 0) is 53.8 Å². The summed E-state index contributed by atoms with van der Waals surface area (Å²) in [4.78, 5) is 16.4. The van der Waals surface area contributed by atoms with E-state index in [1.807, 2.05) is 30.3 Å². The van der Waals surface area contributed by atoms with Crippen LogP contribution in [0.2, 0.25) is 0 Å². The Morgan fingerprint density at radius 2 is 1.86 bits per heavy atom. The van der Waals surface area contributed by atoms with E-state index in [2.05, 4.69) is 64.8 Å². The Hall–Kier alpha value is -3.97. The molecule has 0 amide bonds. The van der Waals surface area contributed by atoms with E-state index in [1.54, 1.807) is 17.9 Å². The predicted molar refractivity (Wildman–Crippen MR) is 135 cm³/mol. The van der Waals surface area contributed by atoms with Crippen LogP contribution in [0, 0.1) is 6.92 Å². The Kier molecular flexibility index (Phi) is 7.57. The summed E-state index contributed by atoms with van der Waals surface area (Å²) < 4.78 is 12.8. The van der Waals surface area contributed by atoms with Gasteiger partial charge in [-0.2, -0.15) is 5.10 Å². The normalized spacial score (nSPS) is 12.7. The highest BCUT2D eigenvalue weighted by atomic mass is 16.5. The van der Waals surface area contributed by atoms with Crippen molar-refractivity contribution in [1.29, 1.82) is 0 Å². The van der Waals surface area contributed by atoms with Crippen LogP contribution in [-0.2, 0) is 29.2 Å². The SMILES string of the molecule is COC(=O)[C@](C)(Cn1cncn1)NCc1cccc(OCc2cccc(-c3ccccc3)c2C)c1. The molecule has 0 aliphatic carbocycles. The number of nitrogens with zero attached hydrogens (tertiary/aromatic N) is 3. The molecule has 0 unspecified atom stereocenters. The maximum Gasteiger partial charge on any atom is 0.327 e. The molecule has 3 aromatic carbocycles. The molecule has 1 heterocycles. The Bertz CT molecular complexity index is 1260. The third kappa shape index (κ3) is 5.94. The van der Waals surface area contributed by atoms with Gasteiger partial charge in [-0.1, -0.05) is 60.7 Å². The van der Waals surface area contributed by atoms with E-state index in [0.29, 0.717) is 19.7 Å². The summed E-state index contributed by atoms with van der Waals surface area (Å²) in [6.07, 6.45) is 3.02. The van der Waals surface area contributed by atoms with Crippen molar-refractivity contribution in [3.63, 3.8) is 0 Å². The summed E-state index contributed by atoms with van der Waals surface area (Å²) in [6.45, 7) is 5.15. The number of ether oxygens (including phenoxy) is 2. The summed E-state index contributed by atoms with van der Waals surface area (Å²) in [5.41, 5.74) is 4.78. The first kappa shape index (κ1) is 24.2. The molecule has 1 N–H and O–H groups in total. The lowest BCUT2D eigenvalue weighted by Crippen LogP contribution is -2.53. The van der Waals surface area contributed by atoms with Gasteiger partial charge in [0.15, 0.2) is 0 Å². The van der Waals surface area contributed by atoms with Gasteiger partial charge in [0.05, 0.1) is 13.7 Å². The minimum Gasteiger partial charge on any atom is -0.489 e. The number of hydrogen-bond donors (Lipinski definition) is 1. The fourth-order valence-electron chi connectivity index (χ4n) is 4.03. The molecule has 180 valence electrons. The minimum absolute atomic E-state index is 0.299. The third-order valence-electron chi connectivity index (χ3n) is 6.09. The van der Waals surface area contributed by atoms with E-state index in [1.165, 1.54) is 30.1 Å². The highest BCUT2D eigenvalue weighted by molar-refractivity contribution is 5.80. The van der Waals surface area contributed by atoms with Crippen LogP contribution in [0.5, 0.6) is 5.75 Å². The van der Waals surface area contributed by atoms with Gasteiger partial charge in [-0.15, -0.1) is 0 Å². The molecule has 4 rings (SSSR count). The zero-order valence-corrected chi connectivity index (χ0v) is 20.3. The van der Waals surface area contributed by atoms with Crippen molar-refractivity contribution in [2.24, 2.45) is 0 Å². The summed E-state index contributed by atoms with van der Waals surface area (Å²) in [5, 5.41) is 7.43. The number of carbonyl (C=O) groups is 1. The Balaban J connectivity index is 1.43. The molecule has 1 aromatic heterocycles. The zero-order chi connectivity index (χ0) is 24.7. The van der Waals surface area contributed by atoms with Crippen molar-refractivity contribution in [1.82, 2.24) is 20.1 Å². The molecule has 7 heteroatoms. The molecule has 0 fully saturated rings. The van der Waals surface area contributed by atoms with Crippen LogP contribution in [0.25, 0.3) is 11.1 Å². The van der Waals surface area contributed by atoms with E-state index in [-0.39, 0.29) is 5.97 Å². The molecule has 0 bridgehead atoms. The van der Waals surface area contributed by atoms with Crippen molar-refractivity contribution >= 4 is 5.97 Å². The standard InChI is InChI=1S/C28H30N4O3/c1-21-24(12-8-14-26(21)23-10-5-4-6-11-23)17-35-25-13-7-9-22(15-25)16-30-28(2,27(33)34-3)18-32-20-29-19-31-32/h4-15,19-20,30H,16-18H2,1-3H3/t28-/m0/s1. The average molecular weight is 471 g/mol. The van der Waals surface area contributed by atoms with E-state index in [9.17, 15) is 4.79 Å².